The lowest BCUT2D eigenvalue weighted by Gasteiger charge is -2.26. The van der Waals surface area contributed by atoms with Crippen molar-refractivity contribution in [3.05, 3.63) is 59.1 Å². The molecule has 1 N–H and O–H groups in total. The summed E-state index contributed by atoms with van der Waals surface area (Å²) in [5.41, 5.74) is 1.08. The number of nitrogens with one attached hydrogen (secondary N) is 1. The normalized spacial score (nSPS) is 15.4. The van der Waals surface area contributed by atoms with E-state index in [1.54, 1.807) is 30.3 Å². The third-order valence-electron chi connectivity index (χ3n) is 4.66. The lowest BCUT2D eigenvalue weighted by atomic mass is 10.2. The van der Waals surface area contributed by atoms with Gasteiger partial charge in [-0.05, 0) is 54.8 Å². The topological polar surface area (TPSA) is 75.7 Å². The molecule has 3 rings (SSSR count). The Bertz CT molecular complexity index is 1020. The van der Waals surface area contributed by atoms with Gasteiger partial charge in [0.15, 0.2) is 0 Å². The first kappa shape index (κ1) is 21.4. The van der Waals surface area contributed by atoms with Crippen molar-refractivity contribution in [3.8, 4) is 5.75 Å². The number of halogens is 1. The number of piperidine rings is 1. The molecule has 0 unspecified atom stereocenters. The van der Waals surface area contributed by atoms with E-state index in [4.69, 9.17) is 16.3 Å². The second kappa shape index (κ2) is 9.43. The Balaban J connectivity index is 1.81. The summed E-state index contributed by atoms with van der Waals surface area (Å²) in [5.74, 6) is -0.0251. The van der Waals surface area contributed by atoms with Crippen LogP contribution in [-0.2, 0) is 14.8 Å². The number of hydrogen-bond donors (Lipinski definition) is 1. The van der Waals surface area contributed by atoms with Crippen molar-refractivity contribution >= 4 is 39.3 Å². The number of methoxy groups -OCH3 is 1. The van der Waals surface area contributed by atoms with Crippen LogP contribution in [0.4, 0.5) is 5.69 Å². The van der Waals surface area contributed by atoms with E-state index in [9.17, 15) is 13.2 Å². The molecule has 1 heterocycles. The monoisotopic (exact) mass is 434 g/mol. The van der Waals surface area contributed by atoms with Crippen molar-refractivity contribution in [2.75, 3.05) is 25.5 Å². The quantitative estimate of drug-likeness (QED) is 0.692. The second-order valence-corrected chi connectivity index (χ2v) is 9.08. The summed E-state index contributed by atoms with van der Waals surface area (Å²) in [6.45, 7) is 1.02. The number of anilines is 1. The van der Waals surface area contributed by atoms with E-state index in [0.29, 0.717) is 29.5 Å². The van der Waals surface area contributed by atoms with Crippen molar-refractivity contribution in [2.24, 2.45) is 0 Å². The lowest BCUT2D eigenvalue weighted by molar-refractivity contribution is -0.111. The zero-order valence-corrected chi connectivity index (χ0v) is 17.7. The Morgan fingerprint density at radius 3 is 2.59 bits per heavy atom. The number of ether oxygens (including phenoxy) is 1. The summed E-state index contributed by atoms with van der Waals surface area (Å²) in [6.07, 6.45) is 5.73. The van der Waals surface area contributed by atoms with Gasteiger partial charge in [0.2, 0.25) is 15.9 Å². The van der Waals surface area contributed by atoms with Crippen LogP contribution in [0.2, 0.25) is 5.02 Å². The number of carbonyl (C=O) groups excluding carboxylic acids is 1. The first-order chi connectivity index (χ1) is 13.9. The molecule has 154 valence electrons. The maximum absolute atomic E-state index is 12.9. The fraction of sp³-hybridized carbons (Fsp3) is 0.286. The second-order valence-electron chi connectivity index (χ2n) is 6.70. The van der Waals surface area contributed by atoms with Gasteiger partial charge in [-0.1, -0.05) is 30.2 Å². The molecule has 0 radical (unpaired) electrons. The Morgan fingerprint density at radius 1 is 1.14 bits per heavy atom. The van der Waals surface area contributed by atoms with E-state index >= 15 is 0 Å². The van der Waals surface area contributed by atoms with Crippen LogP contribution in [0.5, 0.6) is 5.75 Å². The smallest absolute Gasteiger partial charge is 0.248 e. The van der Waals surface area contributed by atoms with E-state index in [1.165, 1.54) is 29.6 Å². The van der Waals surface area contributed by atoms with Gasteiger partial charge >= 0.3 is 0 Å². The highest BCUT2D eigenvalue weighted by Gasteiger charge is 2.26. The number of rotatable bonds is 6. The largest absolute Gasteiger partial charge is 0.495 e. The van der Waals surface area contributed by atoms with Crippen LogP contribution in [0.25, 0.3) is 6.08 Å². The minimum Gasteiger partial charge on any atom is -0.495 e. The molecule has 1 aliphatic heterocycles. The zero-order chi connectivity index (χ0) is 20.9. The number of carbonyl (C=O) groups is 1. The predicted octanol–water partition coefficient (Wildman–Crippen LogP) is 4.18. The molecule has 1 saturated heterocycles. The average Bonchev–Trinajstić information content (AvgIpc) is 2.73. The molecular formula is C21H23ClN2O4S. The van der Waals surface area contributed by atoms with Gasteiger partial charge in [-0.2, -0.15) is 4.31 Å². The van der Waals surface area contributed by atoms with Gasteiger partial charge in [0.1, 0.15) is 5.75 Å². The SMILES string of the molecule is COc1ccc(S(=O)(=O)N2CCCCC2)cc1NC(=O)/C=C/c1cccc(Cl)c1. The van der Waals surface area contributed by atoms with Crippen LogP contribution in [-0.4, -0.2) is 38.8 Å². The maximum atomic E-state index is 12.9. The highest BCUT2D eigenvalue weighted by molar-refractivity contribution is 7.89. The van der Waals surface area contributed by atoms with Crippen LogP contribution < -0.4 is 10.1 Å². The highest BCUT2D eigenvalue weighted by atomic mass is 35.5. The minimum atomic E-state index is -3.61. The number of sulfonamides is 1. The van der Waals surface area contributed by atoms with Crippen molar-refractivity contribution in [2.45, 2.75) is 24.2 Å². The molecule has 6 nitrogen and oxygen atoms in total. The summed E-state index contributed by atoms with van der Waals surface area (Å²) >= 11 is 5.94. The van der Waals surface area contributed by atoms with E-state index in [-0.39, 0.29) is 4.90 Å². The summed E-state index contributed by atoms with van der Waals surface area (Å²) in [7, 11) is -2.15. The van der Waals surface area contributed by atoms with Crippen LogP contribution in [0.1, 0.15) is 24.8 Å². The van der Waals surface area contributed by atoms with Gasteiger partial charge in [0.25, 0.3) is 0 Å². The first-order valence-corrected chi connectivity index (χ1v) is 11.1. The van der Waals surface area contributed by atoms with E-state index in [2.05, 4.69) is 5.32 Å². The molecule has 1 amide bonds. The molecule has 0 spiro atoms. The average molecular weight is 435 g/mol. The molecule has 0 aromatic heterocycles. The van der Waals surface area contributed by atoms with Crippen molar-refractivity contribution in [1.82, 2.24) is 4.31 Å². The fourth-order valence-electron chi connectivity index (χ4n) is 3.16. The number of nitrogens with zero attached hydrogens (tertiary/aromatic N) is 1. The van der Waals surface area contributed by atoms with Crippen LogP contribution in [0.3, 0.4) is 0 Å². The predicted molar refractivity (Wildman–Crippen MR) is 115 cm³/mol. The first-order valence-electron chi connectivity index (χ1n) is 9.33. The molecule has 0 aliphatic carbocycles. The highest BCUT2D eigenvalue weighted by Crippen LogP contribution is 2.30. The van der Waals surface area contributed by atoms with Crippen LogP contribution in [0.15, 0.2) is 53.4 Å². The number of benzene rings is 2. The lowest BCUT2D eigenvalue weighted by Crippen LogP contribution is -2.35. The Kier molecular flexibility index (Phi) is 6.95. The summed E-state index contributed by atoms with van der Waals surface area (Å²) in [6, 6.07) is 11.6. The van der Waals surface area contributed by atoms with Crippen molar-refractivity contribution in [3.63, 3.8) is 0 Å². The fourth-order valence-corrected chi connectivity index (χ4v) is 4.90. The van der Waals surface area contributed by atoms with Gasteiger partial charge in [-0.25, -0.2) is 8.42 Å². The van der Waals surface area contributed by atoms with Gasteiger partial charge in [0.05, 0.1) is 17.7 Å². The molecule has 2 aromatic rings. The van der Waals surface area contributed by atoms with Gasteiger partial charge < -0.3 is 10.1 Å². The van der Waals surface area contributed by atoms with E-state index in [0.717, 1.165) is 24.8 Å². The number of hydrogen-bond acceptors (Lipinski definition) is 4. The van der Waals surface area contributed by atoms with Gasteiger partial charge in [0, 0.05) is 24.2 Å². The molecule has 1 fully saturated rings. The Labute approximate surface area is 176 Å². The van der Waals surface area contributed by atoms with Crippen molar-refractivity contribution in [1.29, 1.82) is 0 Å². The van der Waals surface area contributed by atoms with E-state index in [1.807, 2.05) is 6.07 Å². The van der Waals surface area contributed by atoms with Gasteiger partial charge in [-0.3, -0.25) is 4.79 Å². The van der Waals surface area contributed by atoms with Gasteiger partial charge in [-0.15, -0.1) is 0 Å². The number of amides is 1. The van der Waals surface area contributed by atoms with E-state index < -0.39 is 15.9 Å². The zero-order valence-electron chi connectivity index (χ0n) is 16.1. The standard InChI is InChI=1S/C21H23ClN2O4S/c1-28-20-10-9-18(29(26,27)24-12-3-2-4-13-24)15-19(20)23-21(25)11-8-16-6-5-7-17(22)14-16/h5-11,14-15H,2-4,12-13H2,1H3,(H,23,25)/b11-8+. The summed E-state index contributed by atoms with van der Waals surface area (Å²) in [4.78, 5) is 12.5. The molecular weight excluding hydrogens is 412 g/mol. The molecule has 0 saturated carbocycles. The maximum Gasteiger partial charge on any atom is 0.248 e. The minimum absolute atomic E-state index is 0.134. The molecule has 8 heteroatoms. The van der Waals surface area contributed by atoms with Crippen LogP contribution >= 0.6 is 11.6 Å². The van der Waals surface area contributed by atoms with Crippen LogP contribution in [0, 0.1) is 0 Å². The molecule has 2 aromatic carbocycles. The van der Waals surface area contributed by atoms with Crippen molar-refractivity contribution < 1.29 is 17.9 Å². The Morgan fingerprint density at radius 2 is 1.90 bits per heavy atom. The Hall–Kier alpha value is -2.35. The third-order valence-corrected chi connectivity index (χ3v) is 6.79. The molecule has 29 heavy (non-hydrogen) atoms. The molecule has 0 bridgehead atoms. The summed E-state index contributed by atoms with van der Waals surface area (Å²) < 4.78 is 32.6. The third kappa shape index (κ3) is 5.38. The summed E-state index contributed by atoms with van der Waals surface area (Å²) in [5, 5.41) is 3.27. The molecule has 1 aliphatic rings. The molecule has 0 atom stereocenters.